The molecular formula is C11H9OS. The molecule has 0 bridgehead atoms. The average Bonchev–Trinajstić information content (AvgIpc) is 2.71. The van der Waals surface area contributed by atoms with Gasteiger partial charge < -0.3 is 4.74 Å². The summed E-state index contributed by atoms with van der Waals surface area (Å²) < 4.78 is 5.14. The zero-order valence-corrected chi connectivity index (χ0v) is 8.10. The predicted molar refractivity (Wildman–Crippen MR) is 55.1 cm³/mol. The zero-order valence-electron chi connectivity index (χ0n) is 7.28. The minimum absolute atomic E-state index is 0.886. The van der Waals surface area contributed by atoms with E-state index in [4.69, 9.17) is 4.74 Å². The Kier molecular flexibility index (Phi) is 2.32. The molecule has 0 N–H and O–H groups in total. The summed E-state index contributed by atoms with van der Waals surface area (Å²) >= 11 is 1.58. The summed E-state index contributed by atoms with van der Waals surface area (Å²) in [5, 5.41) is 5.21. The van der Waals surface area contributed by atoms with Gasteiger partial charge in [0.1, 0.15) is 5.75 Å². The molecule has 1 heterocycles. The van der Waals surface area contributed by atoms with Crippen molar-refractivity contribution in [2.45, 2.75) is 0 Å². The van der Waals surface area contributed by atoms with Crippen molar-refractivity contribution in [2.24, 2.45) is 0 Å². The minimum Gasteiger partial charge on any atom is -0.497 e. The summed E-state index contributed by atoms with van der Waals surface area (Å²) in [5.74, 6) is 0.886. The van der Waals surface area contributed by atoms with Crippen LogP contribution in [0.25, 0.3) is 11.1 Å². The van der Waals surface area contributed by atoms with Crippen molar-refractivity contribution >= 4 is 11.3 Å². The van der Waals surface area contributed by atoms with Gasteiger partial charge in [-0.25, -0.2) is 0 Å². The second kappa shape index (κ2) is 3.62. The largest absolute Gasteiger partial charge is 0.497 e. The van der Waals surface area contributed by atoms with Gasteiger partial charge in [0.05, 0.1) is 12.5 Å². The molecular weight excluding hydrogens is 180 g/mol. The first-order chi connectivity index (χ1) is 6.40. The van der Waals surface area contributed by atoms with Gasteiger partial charge in [0, 0.05) is 5.56 Å². The first kappa shape index (κ1) is 8.32. The predicted octanol–water partition coefficient (Wildman–Crippen LogP) is 3.22. The summed E-state index contributed by atoms with van der Waals surface area (Å²) in [6, 6.07) is 10.1. The molecule has 0 atom stereocenters. The minimum atomic E-state index is 0.886. The lowest BCUT2D eigenvalue weighted by atomic mass is 10.1. The summed E-state index contributed by atoms with van der Waals surface area (Å²) in [6.07, 6.45) is 0. The Morgan fingerprint density at radius 1 is 1.31 bits per heavy atom. The number of rotatable bonds is 2. The highest BCUT2D eigenvalue weighted by atomic mass is 32.1. The van der Waals surface area contributed by atoms with Crippen LogP contribution in [-0.2, 0) is 0 Å². The SMILES string of the molecule is COc1cccc(-c2[c]scc2)c1. The van der Waals surface area contributed by atoms with Gasteiger partial charge in [-0.1, -0.05) is 12.1 Å². The second-order valence-electron chi connectivity index (χ2n) is 2.67. The molecule has 1 aromatic carbocycles. The standard InChI is InChI=1S/C11H9OS/c1-12-11-4-2-3-9(7-11)10-5-6-13-8-10/h2-7H,1H3. The summed E-state index contributed by atoms with van der Waals surface area (Å²) in [4.78, 5) is 0. The molecule has 2 aromatic rings. The van der Waals surface area contributed by atoms with E-state index in [-0.39, 0.29) is 0 Å². The lowest BCUT2D eigenvalue weighted by Crippen LogP contribution is -1.82. The van der Waals surface area contributed by atoms with Crippen molar-refractivity contribution in [3.05, 3.63) is 41.1 Å². The highest BCUT2D eigenvalue weighted by molar-refractivity contribution is 7.07. The number of methoxy groups -OCH3 is 1. The molecule has 1 aromatic heterocycles. The Morgan fingerprint density at radius 3 is 2.92 bits per heavy atom. The van der Waals surface area contributed by atoms with E-state index < -0.39 is 0 Å². The van der Waals surface area contributed by atoms with Gasteiger partial charge in [-0.05, 0) is 29.1 Å². The molecule has 1 nitrogen and oxygen atoms in total. The molecule has 2 heteroatoms. The van der Waals surface area contributed by atoms with Crippen LogP contribution in [0.4, 0.5) is 0 Å². The van der Waals surface area contributed by atoms with Crippen molar-refractivity contribution in [1.82, 2.24) is 0 Å². The van der Waals surface area contributed by atoms with Crippen LogP contribution >= 0.6 is 11.3 Å². The highest BCUT2D eigenvalue weighted by Crippen LogP contribution is 2.24. The molecule has 0 saturated carbocycles. The molecule has 0 aliphatic heterocycles. The van der Waals surface area contributed by atoms with Crippen LogP contribution in [0.15, 0.2) is 35.7 Å². The molecule has 65 valence electrons. The van der Waals surface area contributed by atoms with Crippen molar-refractivity contribution in [1.29, 1.82) is 0 Å². The smallest absolute Gasteiger partial charge is 0.119 e. The van der Waals surface area contributed by atoms with Crippen LogP contribution in [-0.4, -0.2) is 7.11 Å². The Labute approximate surface area is 81.6 Å². The van der Waals surface area contributed by atoms with E-state index in [1.54, 1.807) is 18.4 Å². The van der Waals surface area contributed by atoms with Crippen LogP contribution in [0, 0.1) is 5.38 Å². The third-order valence-corrected chi connectivity index (χ3v) is 2.46. The van der Waals surface area contributed by atoms with E-state index in [1.807, 2.05) is 23.6 Å². The maximum atomic E-state index is 5.14. The van der Waals surface area contributed by atoms with Crippen LogP contribution in [0.5, 0.6) is 5.75 Å². The van der Waals surface area contributed by atoms with Crippen molar-refractivity contribution in [2.75, 3.05) is 7.11 Å². The Balaban J connectivity index is 2.41. The lowest BCUT2D eigenvalue weighted by molar-refractivity contribution is 0.415. The van der Waals surface area contributed by atoms with Gasteiger partial charge in [-0.2, -0.15) is 0 Å². The van der Waals surface area contributed by atoms with E-state index in [0.717, 1.165) is 16.9 Å². The molecule has 0 aliphatic carbocycles. The molecule has 0 fully saturated rings. The van der Waals surface area contributed by atoms with E-state index in [0.29, 0.717) is 0 Å². The fraction of sp³-hybridized carbons (Fsp3) is 0.0909. The van der Waals surface area contributed by atoms with Crippen LogP contribution in [0.1, 0.15) is 0 Å². The summed E-state index contributed by atoms with van der Waals surface area (Å²) in [7, 11) is 1.68. The highest BCUT2D eigenvalue weighted by Gasteiger charge is 1.98. The van der Waals surface area contributed by atoms with E-state index in [9.17, 15) is 0 Å². The fourth-order valence-corrected chi connectivity index (χ4v) is 1.76. The monoisotopic (exact) mass is 189 g/mol. The molecule has 0 saturated heterocycles. The Bertz CT molecular complexity index is 379. The second-order valence-corrected chi connectivity index (χ2v) is 3.38. The third kappa shape index (κ3) is 1.73. The molecule has 1 radical (unpaired) electrons. The number of hydrogen-bond acceptors (Lipinski definition) is 2. The lowest BCUT2D eigenvalue weighted by Gasteiger charge is -2.01. The average molecular weight is 189 g/mol. The number of thiophene rings is 1. The Hall–Kier alpha value is -1.28. The maximum absolute atomic E-state index is 5.14. The van der Waals surface area contributed by atoms with Crippen LogP contribution < -0.4 is 4.74 Å². The van der Waals surface area contributed by atoms with Crippen LogP contribution in [0.3, 0.4) is 0 Å². The van der Waals surface area contributed by atoms with Gasteiger partial charge >= 0.3 is 0 Å². The zero-order chi connectivity index (χ0) is 9.10. The van der Waals surface area contributed by atoms with Crippen molar-refractivity contribution in [3.63, 3.8) is 0 Å². The van der Waals surface area contributed by atoms with Gasteiger partial charge in [0.15, 0.2) is 0 Å². The Morgan fingerprint density at radius 2 is 2.23 bits per heavy atom. The van der Waals surface area contributed by atoms with E-state index in [1.165, 1.54) is 0 Å². The third-order valence-electron chi connectivity index (χ3n) is 1.85. The fourth-order valence-electron chi connectivity index (χ4n) is 1.18. The van der Waals surface area contributed by atoms with E-state index in [2.05, 4.69) is 17.5 Å². The maximum Gasteiger partial charge on any atom is 0.119 e. The number of ether oxygens (including phenoxy) is 1. The van der Waals surface area contributed by atoms with Gasteiger partial charge in [-0.3, -0.25) is 0 Å². The summed E-state index contributed by atoms with van der Waals surface area (Å²) in [6.45, 7) is 0. The molecule has 0 spiro atoms. The van der Waals surface area contributed by atoms with Crippen molar-refractivity contribution in [3.8, 4) is 16.9 Å². The topological polar surface area (TPSA) is 9.23 Å². The normalized spacial score (nSPS) is 9.92. The molecule has 0 unspecified atom stereocenters. The number of benzene rings is 1. The first-order valence-electron chi connectivity index (χ1n) is 4.00. The van der Waals surface area contributed by atoms with Gasteiger partial charge in [0.2, 0.25) is 0 Å². The van der Waals surface area contributed by atoms with Crippen LogP contribution in [0.2, 0.25) is 0 Å². The summed E-state index contributed by atoms with van der Waals surface area (Å²) in [5.41, 5.74) is 2.28. The number of hydrogen-bond donors (Lipinski definition) is 0. The van der Waals surface area contributed by atoms with Crippen molar-refractivity contribution < 1.29 is 4.74 Å². The van der Waals surface area contributed by atoms with Gasteiger partial charge in [-0.15, -0.1) is 11.3 Å². The quantitative estimate of drug-likeness (QED) is 0.704. The molecule has 0 aliphatic rings. The first-order valence-corrected chi connectivity index (χ1v) is 4.88. The molecule has 0 amide bonds. The molecule has 2 rings (SSSR count). The molecule has 13 heavy (non-hydrogen) atoms. The van der Waals surface area contributed by atoms with E-state index >= 15 is 0 Å². The van der Waals surface area contributed by atoms with Gasteiger partial charge in [0.25, 0.3) is 0 Å².